The Kier molecular flexibility index (Phi) is 18.7. The molecule has 0 bridgehead atoms. The number of likely N-dealkylation sites (tertiary alicyclic amines) is 2. The normalized spacial score (nSPS) is 18.5. The summed E-state index contributed by atoms with van der Waals surface area (Å²) in [5, 5.41) is 24.0. The van der Waals surface area contributed by atoms with E-state index >= 15 is 4.39 Å². The molecule has 0 aliphatic carbocycles. The van der Waals surface area contributed by atoms with E-state index < -0.39 is 41.2 Å². The second-order valence-corrected chi connectivity index (χ2v) is 23.3. The van der Waals surface area contributed by atoms with Gasteiger partial charge in [-0.3, -0.25) is 29.2 Å². The number of aromatic nitrogens is 6. The van der Waals surface area contributed by atoms with Gasteiger partial charge in [0.05, 0.1) is 70.0 Å². The summed E-state index contributed by atoms with van der Waals surface area (Å²) in [6.07, 6.45) is 2.97. The minimum atomic E-state index is -1.00. The zero-order valence-corrected chi connectivity index (χ0v) is 48.4. The van der Waals surface area contributed by atoms with E-state index in [1.54, 1.807) is 22.3 Å². The van der Waals surface area contributed by atoms with E-state index in [0.717, 1.165) is 47.6 Å². The summed E-state index contributed by atoms with van der Waals surface area (Å²) in [4.78, 5) is 80.5. The van der Waals surface area contributed by atoms with Crippen molar-refractivity contribution in [2.45, 2.75) is 97.2 Å². The van der Waals surface area contributed by atoms with Gasteiger partial charge in [-0.2, -0.15) is 20.1 Å². The second kappa shape index (κ2) is 25.7. The molecule has 3 aliphatic heterocycles. The summed E-state index contributed by atoms with van der Waals surface area (Å²) in [6, 6.07) is 8.48. The van der Waals surface area contributed by atoms with Gasteiger partial charge in [0.25, 0.3) is 0 Å². The van der Waals surface area contributed by atoms with Gasteiger partial charge in [-0.15, -0.1) is 11.3 Å². The number of hydrogen-bond donors (Lipinski definition) is 4. The predicted molar refractivity (Wildman–Crippen MR) is 305 cm³/mol. The summed E-state index contributed by atoms with van der Waals surface area (Å²) >= 11 is 14.6. The zero-order chi connectivity index (χ0) is 57.7. The lowest BCUT2D eigenvalue weighted by Gasteiger charge is -2.35. The summed E-state index contributed by atoms with van der Waals surface area (Å²) in [6.45, 7) is 18.6. The number of aromatic amines is 1. The van der Waals surface area contributed by atoms with Gasteiger partial charge in [0.15, 0.2) is 5.75 Å². The fourth-order valence-electron chi connectivity index (χ4n) is 10.4. The molecule has 0 spiro atoms. The minimum absolute atomic E-state index is 0.0295. The van der Waals surface area contributed by atoms with E-state index in [1.165, 1.54) is 23.2 Å². The molecule has 2 aromatic carbocycles. The highest BCUT2D eigenvalue weighted by Crippen LogP contribution is 2.42. The van der Waals surface area contributed by atoms with Crippen LogP contribution in [0.15, 0.2) is 60.8 Å². The molecular formula is C56H67Cl2FN12O9S. The Labute approximate surface area is 482 Å². The predicted octanol–water partition coefficient (Wildman–Crippen LogP) is 7.04. The molecule has 21 nitrogen and oxygen atoms in total. The number of nitrogens with one attached hydrogen (secondary N) is 3. The SMILES string of the molecule is C=CC(=O)N1CCN(c2nc(O[C@H](C)CN3CCC(OCCOCC(=O)N[C@H](C(=O)N4C[C@H](O)C[C@H]4C(=O)N[C@@H](C)c4ccc(-c5scnc5C)cc4)C(C)(C)C)CC3)nc3c(Oc4c(Cl)c(F)cc5[nH]ncc45)nc(Cl)cc23)CC1. The molecule has 9 rings (SSSR count). The van der Waals surface area contributed by atoms with Crippen LogP contribution in [0.2, 0.25) is 10.2 Å². The molecule has 5 atom stereocenters. The number of anilines is 1. The van der Waals surface area contributed by atoms with Crippen LogP contribution >= 0.6 is 34.5 Å². The number of fused-ring (bicyclic) bond motifs is 2. The minimum Gasteiger partial charge on any atom is -0.459 e. The molecule has 0 saturated carbocycles. The van der Waals surface area contributed by atoms with Gasteiger partial charge in [-0.1, -0.05) is 74.8 Å². The van der Waals surface area contributed by atoms with Crippen LogP contribution in [0.3, 0.4) is 0 Å². The molecule has 0 radical (unpaired) electrons. The first-order chi connectivity index (χ1) is 38.7. The number of aliphatic hydroxyl groups excluding tert-OH is 1. The number of benzene rings is 2. The number of pyridine rings is 1. The highest BCUT2D eigenvalue weighted by molar-refractivity contribution is 7.13. The van der Waals surface area contributed by atoms with Gasteiger partial charge in [0.1, 0.15) is 52.1 Å². The third-order valence-electron chi connectivity index (χ3n) is 14.7. The maximum atomic E-state index is 15.0. The van der Waals surface area contributed by atoms with Crippen molar-refractivity contribution in [1.82, 2.24) is 55.5 Å². The summed E-state index contributed by atoms with van der Waals surface area (Å²) in [7, 11) is 0. The Balaban J connectivity index is 0.750. The van der Waals surface area contributed by atoms with E-state index in [9.17, 15) is 24.3 Å². The topological polar surface area (TPSA) is 243 Å². The fourth-order valence-corrected chi connectivity index (χ4v) is 11.6. The number of H-pyrrole nitrogens is 1. The van der Waals surface area contributed by atoms with Crippen molar-refractivity contribution in [1.29, 1.82) is 0 Å². The number of nitrogens with zero attached hydrogens (tertiary/aromatic N) is 9. The number of hydrogen-bond acceptors (Lipinski definition) is 17. The number of carbonyl (C=O) groups excluding carboxylic acids is 4. The Morgan fingerprint density at radius 3 is 2.42 bits per heavy atom. The number of aryl methyl sites for hydroxylation is 1. The van der Waals surface area contributed by atoms with E-state index in [0.29, 0.717) is 54.8 Å². The van der Waals surface area contributed by atoms with Crippen LogP contribution in [0.1, 0.15) is 71.2 Å². The van der Waals surface area contributed by atoms with E-state index in [2.05, 4.69) is 42.3 Å². The maximum absolute atomic E-state index is 15.0. The second-order valence-electron chi connectivity index (χ2n) is 21.7. The molecule has 4 amide bonds. The van der Waals surface area contributed by atoms with Crippen LogP contribution in [0.4, 0.5) is 10.2 Å². The lowest BCUT2D eigenvalue weighted by molar-refractivity contribution is -0.144. The molecule has 0 unspecified atom stereocenters. The molecule has 3 aliphatic rings. The molecule has 4 N–H and O–H groups in total. The number of ether oxygens (including phenoxy) is 4. The number of piperazine rings is 1. The van der Waals surface area contributed by atoms with Gasteiger partial charge in [0, 0.05) is 64.8 Å². The molecule has 81 heavy (non-hydrogen) atoms. The fraction of sp³-hybridized carbons (Fsp3) is 0.482. The van der Waals surface area contributed by atoms with Crippen LogP contribution in [0.5, 0.6) is 17.6 Å². The standard InChI is InChI=1S/C56H67Cl2FN12O9S/c1-8-45(74)69-17-19-70(20-18-69)51-38-24-43(57)63-53(80-48-39-26-61-67-41(39)25-40(59)46(48)58)47(38)65-55(66-51)79-31(2)27-68-15-13-37(14-16-68)78-22-21-77-29-44(73)64-50(56(5,6)7)54(76)71-28-36(72)23-42(71)52(75)62-32(3)34-9-11-35(12-10-34)49-33(4)60-30-81-49/h8-12,24-26,30-32,36-37,42,50,72H,1,13-23,27-29H2,2-7H3,(H,61,67)(H,62,75)(H,64,73)/t31-,32+,36-,42+,50-/m1/s1. The maximum Gasteiger partial charge on any atom is 0.319 e. The summed E-state index contributed by atoms with van der Waals surface area (Å²) < 4.78 is 39.6. The van der Waals surface area contributed by atoms with Crippen molar-refractivity contribution in [2.24, 2.45) is 5.41 Å². The first-order valence-electron chi connectivity index (χ1n) is 26.9. The van der Waals surface area contributed by atoms with Crippen molar-refractivity contribution in [3.05, 3.63) is 88.0 Å². The van der Waals surface area contributed by atoms with Crippen LogP contribution in [-0.2, 0) is 28.7 Å². The Morgan fingerprint density at radius 1 is 0.988 bits per heavy atom. The molecule has 432 valence electrons. The molecule has 3 saturated heterocycles. The van der Waals surface area contributed by atoms with Crippen LogP contribution < -0.4 is 25.0 Å². The van der Waals surface area contributed by atoms with Gasteiger partial charge < -0.3 is 49.4 Å². The highest BCUT2D eigenvalue weighted by Gasteiger charge is 2.45. The van der Waals surface area contributed by atoms with E-state index in [-0.39, 0.29) is 96.2 Å². The number of aliphatic hydroxyl groups is 1. The lowest BCUT2D eigenvalue weighted by atomic mass is 9.85. The van der Waals surface area contributed by atoms with Gasteiger partial charge in [-0.25, -0.2) is 9.37 Å². The number of halogens is 3. The number of amides is 4. The van der Waals surface area contributed by atoms with Gasteiger partial charge >= 0.3 is 6.01 Å². The average molecular weight is 1170 g/mol. The van der Waals surface area contributed by atoms with Crippen molar-refractivity contribution in [3.63, 3.8) is 0 Å². The third-order valence-corrected chi connectivity index (χ3v) is 16.2. The smallest absolute Gasteiger partial charge is 0.319 e. The molecule has 4 aromatic heterocycles. The molecule has 6 aromatic rings. The summed E-state index contributed by atoms with van der Waals surface area (Å²) in [5.74, 6) is -1.85. The van der Waals surface area contributed by atoms with Crippen molar-refractivity contribution in [2.75, 3.05) is 77.1 Å². The van der Waals surface area contributed by atoms with Gasteiger partial charge in [-0.05, 0) is 62.3 Å². The van der Waals surface area contributed by atoms with E-state index in [1.807, 2.05) is 76.2 Å². The van der Waals surface area contributed by atoms with Crippen LogP contribution in [0.25, 0.3) is 32.2 Å². The largest absolute Gasteiger partial charge is 0.459 e. The molecule has 25 heteroatoms. The van der Waals surface area contributed by atoms with Crippen molar-refractivity contribution in [3.8, 4) is 28.1 Å². The lowest BCUT2D eigenvalue weighted by Crippen LogP contribution is -2.58. The monoisotopic (exact) mass is 1170 g/mol. The molecular weight excluding hydrogens is 1110 g/mol. The highest BCUT2D eigenvalue weighted by atomic mass is 35.5. The Bertz CT molecular complexity index is 3260. The Morgan fingerprint density at radius 2 is 1.73 bits per heavy atom. The number of thiazole rings is 1. The Hall–Kier alpha value is -6.60. The number of β-amino-alcohol motifs (C(OH)–C–C–N with tert-alkyl or cyclic N) is 1. The number of rotatable bonds is 20. The van der Waals surface area contributed by atoms with Crippen LogP contribution in [-0.4, -0.2) is 176 Å². The van der Waals surface area contributed by atoms with E-state index in [4.69, 9.17) is 52.1 Å². The number of carbonyl (C=O) groups is 4. The van der Waals surface area contributed by atoms with Crippen molar-refractivity contribution >= 4 is 85.8 Å². The molecule has 3 fully saturated rings. The average Bonchev–Trinajstić information content (AvgIpc) is 4.32. The molecule has 7 heterocycles. The quantitative estimate of drug-likeness (QED) is 0.0340. The first-order valence-corrected chi connectivity index (χ1v) is 28.6. The first kappa shape index (κ1) is 59.0. The van der Waals surface area contributed by atoms with Gasteiger partial charge in [0.2, 0.25) is 29.5 Å². The third kappa shape index (κ3) is 14.0. The van der Waals surface area contributed by atoms with Crippen molar-refractivity contribution < 1.29 is 47.6 Å². The van der Waals surface area contributed by atoms with Crippen LogP contribution in [0, 0.1) is 18.2 Å². The summed E-state index contributed by atoms with van der Waals surface area (Å²) in [5.41, 5.74) is 4.54. The number of piperidine rings is 1. The zero-order valence-electron chi connectivity index (χ0n) is 46.0.